The zero-order valence-electron chi connectivity index (χ0n) is 20.0. The normalized spacial score (nSPS) is 12.1. The third-order valence-corrected chi connectivity index (χ3v) is 6.91. The highest BCUT2D eigenvalue weighted by atomic mass is 32.2. The van der Waals surface area contributed by atoms with Crippen molar-refractivity contribution in [1.29, 1.82) is 0 Å². The summed E-state index contributed by atoms with van der Waals surface area (Å²) < 4.78 is 12.6. The maximum absolute atomic E-state index is 12.9. The minimum absolute atomic E-state index is 0.148. The number of thioether (sulfide) groups is 1. The van der Waals surface area contributed by atoms with Crippen molar-refractivity contribution in [3.63, 3.8) is 0 Å². The summed E-state index contributed by atoms with van der Waals surface area (Å²) in [4.78, 5) is 22.7. The molecular formula is C28H23N5O3S. The van der Waals surface area contributed by atoms with E-state index < -0.39 is 0 Å². The van der Waals surface area contributed by atoms with Gasteiger partial charge in [-0.05, 0) is 30.7 Å². The zero-order chi connectivity index (χ0) is 25.2. The number of para-hydroxylation sites is 1. The Bertz CT molecular complexity index is 1590. The van der Waals surface area contributed by atoms with Gasteiger partial charge in [0.15, 0.2) is 23.0 Å². The van der Waals surface area contributed by atoms with Gasteiger partial charge in [0.1, 0.15) is 5.03 Å². The van der Waals surface area contributed by atoms with Crippen molar-refractivity contribution >= 4 is 34.4 Å². The van der Waals surface area contributed by atoms with Crippen molar-refractivity contribution in [3.05, 3.63) is 84.6 Å². The lowest BCUT2D eigenvalue weighted by Gasteiger charge is -2.09. The molecule has 0 fully saturated rings. The van der Waals surface area contributed by atoms with Gasteiger partial charge in [-0.25, -0.2) is 14.6 Å². The lowest BCUT2D eigenvalue weighted by molar-refractivity contribution is -0.113. The smallest absolute Gasteiger partial charge is 0.234 e. The standard InChI is InChI=1S/C28H23N5O3S/c1-2-21-25-27(33(32-21)20-11-7-4-8-12-20)30-26(18-9-5-3-6-10-18)31-28(25)37-16-24(34)29-19-13-14-22-23(15-19)36-17-35-22/h3-15H,2,16-17H2,1H3,(H,29,34). The van der Waals surface area contributed by atoms with Crippen LogP contribution in [0.3, 0.4) is 0 Å². The number of hydrogen-bond acceptors (Lipinski definition) is 7. The first kappa shape index (κ1) is 23.1. The summed E-state index contributed by atoms with van der Waals surface area (Å²) in [7, 11) is 0. The zero-order valence-corrected chi connectivity index (χ0v) is 20.9. The molecular weight excluding hydrogens is 486 g/mol. The van der Waals surface area contributed by atoms with Crippen LogP contribution < -0.4 is 14.8 Å². The molecule has 0 bridgehead atoms. The molecule has 0 unspecified atom stereocenters. The lowest BCUT2D eigenvalue weighted by atomic mass is 10.2. The van der Waals surface area contributed by atoms with Crippen LogP contribution >= 0.6 is 11.8 Å². The van der Waals surface area contributed by atoms with Gasteiger partial charge in [-0.15, -0.1) is 0 Å². The maximum atomic E-state index is 12.9. The average Bonchev–Trinajstić information content (AvgIpc) is 3.57. The van der Waals surface area contributed by atoms with Gasteiger partial charge >= 0.3 is 0 Å². The van der Waals surface area contributed by atoms with E-state index in [4.69, 9.17) is 24.5 Å². The molecule has 0 spiro atoms. The molecule has 1 N–H and O–H groups in total. The third-order valence-electron chi connectivity index (χ3n) is 5.93. The SMILES string of the molecule is CCc1nn(-c2ccccc2)c2nc(-c3ccccc3)nc(SCC(=O)Nc3ccc4c(c3)OCO4)c12. The van der Waals surface area contributed by atoms with Gasteiger partial charge in [-0.2, -0.15) is 5.10 Å². The molecule has 37 heavy (non-hydrogen) atoms. The van der Waals surface area contributed by atoms with Gasteiger partial charge in [-0.1, -0.05) is 67.2 Å². The van der Waals surface area contributed by atoms with Crippen molar-refractivity contribution in [2.24, 2.45) is 0 Å². The molecule has 3 heterocycles. The van der Waals surface area contributed by atoms with Gasteiger partial charge in [0.25, 0.3) is 0 Å². The van der Waals surface area contributed by atoms with Crippen molar-refractivity contribution < 1.29 is 14.3 Å². The molecule has 9 heteroatoms. The summed E-state index contributed by atoms with van der Waals surface area (Å²) >= 11 is 1.38. The third kappa shape index (κ3) is 4.61. The number of fused-ring (bicyclic) bond motifs is 2. The van der Waals surface area contributed by atoms with Crippen LogP contribution in [0.15, 0.2) is 83.9 Å². The molecule has 3 aromatic carbocycles. The molecule has 0 saturated heterocycles. The van der Waals surface area contributed by atoms with E-state index in [1.54, 1.807) is 18.2 Å². The second kappa shape index (κ2) is 9.94. The number of carbonyl (C=O) groups excluding carboxylic acids is 1. The number of nitrogens with zero attached hydrogens (tertiary/aromatic N) is 4. The molecule has 6 rings (SSSR count). The van der Waals surface area contributed by atoms with Crippen LogP contribution in [0.4, 0.5) is 5.69 Å². The number of ether oxygens (including phenoxy) is 2. The number of amides is 1. The van der Waals surface area contributed by atoms with Crippen LogP contribution in [0.5, 0.6) is 11.5 Å². The Morgan fingerprint density at radius 3 is 2.51 bits per heavy atom. The summed E-state index contributed by atoms with van der Waals surface area (Å²) in [5, 5.41) is 9.41. The summed E-state index contributed by atoms with van der Waals surface area (Å²) in [5.41, 5.74) is 4.07. The van der Waals surface area contributed by atoms with Crippen LogP contribution in [0.1, 0.15) is 12.6 Å². The van der Waals surface area contributed by atoms with E-state index in [0.717, 1.165) is 33.0 Å². The number of rotatable bonds is 7. The average molecular weight is 510 g/mol. The monoisotopic (exact) mass is 509 g/mol. The molecule has 184 valence electrons. The number of carbonyl (C=O) groups is 1. The Labute approximate surface area is 217 Å². The first-order chi connectivity index (χ1) is 18.2. The second-order valence-corrected chi connectivity index (χ2v) is 9.33. The van der Waals surface area contributed by atoms with Crippen LogP contribution in [-0.2, 0) is 11.2 Å². The molecule has 1 aliphatic heterocycles. The van der Waals surface area contributed by atoms with E-state index in [0.29, 0.717) is 29.4 Å². The van der Waals surface area contributed by atoms with E-state index in [2.05, 4.69) is 12.2 Å². The van der Waals surface area contributed by atoms with Gasteiger partial charge in [-0.3, -0.25) is 4.79 Å². The Morgan fingerprint density at radius 1 is 0.973 bits per heavy atom. The summed E-state index contributed by atoms with van der Waals surface area (Å²) in [6.07, 6.45) is 0.710. The molecule has 0 saturated carbocycles. The van der Waals surface area contributed by atoms with E-state index in [-0.39, 0.29) is 18.5 Å². The first-order valence-corrected chi connectivity index (χ1v) is 12.9. The van der Waals surface area contributed by atoms with Gasteiger partial charge in [0.05, 0.1) is 22.5 Å². The fraction of sp³-hybridized carbons (Fsp3) is 0.143. The number of aromatic nitrogens is 4. The fourth-order valence-corrected chi connectivity index (χ4v) is 5.02. The molecule has 0 radical (unpaired) electrons. The van der Waals surface area contributed by atoms with Gasteiger partial charge in [0.2, 0.25) is 12.7 Å². The summed E-state index contributed by atoms with van der Waals surface area (Å²) in [5.74, 6) is 1.91. The van der Waals surface area contributed by atoms with E-state index in [1.165, 1.54) is 11.8 Å². The Hall–Kier alpha value is -4.37. The highest BCUT2D eigenvalue weighted by Gasteiger charge is 2.21. The van der Waals surface area contributed by atoms with E-state index in [1.807, 2.05) is 65.3 Å². The van der Waals surface area contributed by atoms with Crippen LogP contribution in [0.25, 0.3) is 28.1 Å². The molecule has 5 aromatic rings. The molecule has 8 nitrogen and oxygen atoms in total. The topological polar surface area (TPSA) is 91.2 Å². The number of hydrogen-bond donors (Lipinski definition) is 1. The Kier molecular flexibility index (Phi) is 6.20. The predicted octanol–water partition coefficient (Wildman–Crippen LogP) is 5.50. The van der Waals surface area contributed by atoms with Crippen LogP contribution in [0, 0.1) is 0 Å². The Balaban J connectivity index is 1.36. The predicted molar refractivity (Wildman–Crippen MR) is 143 cm³/mol. The summed E-state index contributed by atoms with van der Waals surface area (Å²) in [6, 6.07) is 25.1. The van der Waals surface area contributed by atoms with Crippen molar-refractivity contribution in [1.82, 2.24) is 19.7 Å². The van der Waals surface area contributed by atoms with Crippen LogP contribution in [0.2, 0.25) is 0 Å². The largest absolute Gasteiger partial charge is 0.454 e. The van der Waals surface area contributed by atoms with E-state index >= 15 is 0 Å². The highest BCUT2D eigenvalue weighted by molar-refractivity contribution is 8.00. The van der Waals surface area contributed by atoms with Crippen LogP contribution in [-0.4, -0.2) is 38.2 Å². The maximum Gasteiger partial charge on any atom is 0.234 e. The molecule has 0 aliphatic carbocycles. The minimum atomic E-state index is -0.148. The van der Waals surface area contributed by atoms with Gasteiger partial charge < -0.3 is 14.8 Å². The van der Waals surface area contributed by atoms with Crippen molar-refractivity contribution in [2.75, 3.05) is 17.9 Å². The van der Waals surface area contributed by atoms with E-state index in [9.17, 15) is 4.79 Å². The molecule has 1 amide bonds. The number of aryl methyl sites for hydroxylation is 1. The lowest BCUT2D eigenvalue weighted by Crippen LogP contribution is -2.14. The summed E-state index contributed by atoms with van der Waals surface area (Å²) in [6.45, 7) is 2.25. The molecule has 0 atom stereocenters. The van der Waals surface area contributed by atoms with Crippen molar-refractivity contribution in [3.8, 4) is 28.6 Å². The van der Waals surface area contributed by atoms with Gasteiger partial charge in [0, 0.05) is 17.3 Å². The quantitative estimate of drug-likeness (QED) is 0.229. The highest BCUT2D eigenvalue weighted by Crippen LogP contribution is 2.35. The Morgan fingerprint density at radius 2 is 1.73 bits per heavy atom. The fourth-order valence-electron chi connectivity index (χ4n) is 4.18. The number of nitrogens with one attached hydrogen (secondary N) is 1. The minimum Gasteiger partial charge on any atom is -0.454 e. The molecule has 1 aliphatic rings. The number of anilines is 1. The van der Waals surface area contributed by atoms with Crippen molar-refractivity contribution in [2.45, 2.75) is 18.4 Å². The second-order valence-electron chi connectivity index (χ2n) is 8.37. The number of benzene rings is 3. The molecule has 2 aromatic heterocycles. The first-order valence-electron chi connectivity index (χ1n) is 11.9.